The summed E-state index contributed by atoms with van der Waals surface area (Å²) in [6.45, 7) is 0. The third kappa shape index (κ3) is 3.06. The molecule has 1 saturated carbocycles. The molecule has 1 aromatic rings. The van der Waals surface area contributed by atoms with Crippen LogP contribution in [0.5, 0.6) is 0 Å². The Bertz CT molecular complexity index is 467. The van der Waals surface area contributed by atoms with E-state index in [1.165, 1.54) is 6.07 Å². The average molecular weight is 250 g/mol. The zero-order valence-corrected chi connectivity index (χ0v) is 11.8. The molecule has 1 N–H and O–H groups in total. The number of aliphatic hydroxyl groups excluding tert-OH is 1. The quantitative estimate of drug-likeness (QED) is 0.502. The molecule has 0 bridgehead atoms. The first-order chi connectivity index (χ1) is 7.00. The van der Waals surface area contributed by atoms with E-state index >= 15 is 0 Å². The summed E-state index contributed by atoms with van der Waals surface area (Å²) in [6.07, 6.45) is 1.98. The molecule has 82 valence electrons. The second-order valence-electron chi connectivity index (χ2n) is 3.75. The molecule has 0 saturated heterocycles. The predicted octanol–water partition coefficient (Wildman–Crippen LogP) is -1.90. The molecule has 1 aromatic carbocycles. The summed E-state index contributed by atoms with van der Waals surface area (Å²) < 4.78 is 32.2. The van der Waals surface area contributed by atoms with Gasteiger partial charge in [-0.15, -0.1) is 0 Å². The van der Waals surface area contributed by atoms with E-state index in [2.05, 4.69) is 0 Å². The van der Waals surface area contributed by atoms with E-state index in [1.807, 2.05) is 0 Å². The molecule has 1 aliphatic rings. The van der Waals surface area contributed by atoms with Crippen molar-refractivity contribution in [3.05, 3.63) is 35.4 Å². The molecule has 4 nitrogen and oxygen atoms in total. The molecule has 0 spiro atoms. The van der Waals surface area contributed by atoms with Gasteiger partial charge in [-0.25, -0.2) is 8.42 Å². The summed E-state index contributed by atoms with van der Waals surface area (Å²) in [6, 6.07) is 6.66. The Hall–Kier alpha value is 0.0900. The fourth-order valence-electron chi connectivity index (χ4n) is 1.66. The van der Waals surface area contributed by atoms with Crippen LogP contribution in [0.1, 0.15) is 35.3 Å². The zero-order chi connectivity index (χ0) is 11.1. The number of benzene rings is 1. The number of hydrogen-bond donors (Lipinski definition) is 1. The van der Waals surface area contributed by atoms with Crippen LogP contribution in [0.15, 0.2) is 24.3 Å². The standard InChI is InChI=1S/C10H12O4S.Na/c11-10(15(12,13)14)9-4-2-1-3-8(9)7-5-6-7;/h1-4,7,10-11H,5-6H2,(H,12,13,14);/q;+1/p-1. The van der Waals surface area contributed by atoms with Crippen molar-refractivity contribution in [3.8, 4) is 0 Å². The van der Waals surface area contributed by atoms with Gasteiger partial charge in [-0.1, -0.05) is 24.3 Å². The molecular weight excluding hydrogens is 239 g/mol. The summed E-state index contributed by atoms with van der Waals surface area (Å²) in [5.41, 5.74) is -0.922. The predicted molar refractivity (Wildman–Crippen MR) is 53.1 cm³/mol. The van der Waals surface area contributed by atoms with E-state index < -0.39 is 15.6 Å². The average Bonchev–Trinajstić information content (AvgIpc) is 2.98. The van der Waals surface area contributed by atoms with E-state index in [1.54, 1.807) is 18.2 Å². The third-order valence-electron chi connectivity index (χ3n) is 2.55. The zero-order valence-electron chi connectivity index (χ0n) is 8.96. The fraction of sp³-hybridized carbons (Fsp3) is 0.400. The minimum absolute atomic E-state index is 0. The SMILES string of the molecule is O=S(=O)([O-])C(O)c1ccccc1C1CC1.[Na+]. The molecule has 0 amide bonds. The molecule has 0 radical (unpaired) electrons. The van der Waals surface area contributed by atoms with Gasteiger partial charge in [-0.3, -0.25) is 0 Å². The van der Waals surface area contributed by atoms with Gasteiger partial charge in [0.05, 0.1) is 0 Å². The second kappa shape index (κ2) is 5.16. The van der Waals surface area contributed by atoms with E-state index in [4.69, 9.17) is 0 Å². The summed E-state index contributed by atoms with van der Waals surface area (Å²) in [4.78, 5) is 0. The summed E-state index contributed by atoms with van der Waals surface area (Å²) in [5.74, 6) is 0.303. The Morgan fingerprint density at radius 2 is 1.88 bits per heavy atom. The maximum Gasteiger partial charge on any atom is 1.00 e. The first-order valence-corrected chi connectivity index (χ1v) is 6.19. The van der Waals surface area contributed by atoms with E-state index in [0.717, 1.165) is 18.4 Å². The minimum atomic E-state index is -4.68. The van der Waals surface area contributed by atoms with Crippen molar-refractivity contribution in [1.29, 1.82) is 0 Å². The van der Waals surface area contributed by atoms with Crippen LogP contribution in [-0.4, -0.2) is 18.1 Å². The monoisotopic (exact) mass is 250 g/mol. The Kier molecular flexibility index (Phi) is 4.57. The van der Waals surface area contributed by atoms with E-state index in [9.17, 15) is 18.1 Å². The van der Waals surface area contributed by atoms with Crippen molar-refractivity contribution in [2.24, 2.45) is 0 Å². The second-order valence-corrected chi connectivity index (χ2v) is 5.18. The van der Waals surface area contributed by atoms with Gasteiger partial charge in [0.1, 0.15) is 10.1 Å². The van der Waals surface area contributed by atoms with Crippen LogP contribution in [-0.2, 0) is 10.1 Å². The van der Waals surface area contributed by atoms with Crippen LogP contribution in [0.4, 0.5) is 0 Å². The first-order valence-electron chi connectivity index (χ1n) is 4.72. The van der Waals surface area contributed by atoms with Gasteiger partial charge in [0, 0.05) is 0 Å². The van der Waals surface area contributed by atoms with Gasteiger partial charge in [-0.05, 0) is 29.9 Å². The third-order valence-corrected chi connectivity index (χ3v) is 3.35. The van der Waals surface area contributed by atoms with Gasteiger partial charge >= 0.3 is 29.6 Å². The topological polar surface area (TPSA) is 77.4 Å². The molecule has 1 fully saturated rings. The van der Waals surface area contributed by atoms with Gasteiger partial charge in [0.2, 0.25) is 0 Å². The number of aliphatic hydroxyl groups is 1. The molecule has 2 rings (SSSR count). The number of rotatable bonds is 3. The molecule has 0 aliphatic heterocycles. The molecule has 0 heterocycles. The van der Waals surface area contributed by atoms with Crippen LogP contribution < -0.4 is 29.6 Å². The molecular formula is C10H11NaO4S. The Morgan fingerprint density at radius 1 is 1.31 bits per heavy atom. The van der Waals surface area contributed by atoms with Crippen LogP contribution >= 0.6 is 0 Å². The molecule has 1 aliphatic carbocycles. The molecule has 1 atom stereocenters. The largest absolute Gasteiger partial charge is 1.00 e. The van der Waals surface area contributed by atoms with Crippen LogP contribution in [0.25, 0.3) is 0 Å². The first kappa shape index (κ1) is 14.2. The Labute approximate surface area is 117 Å². The maximum absolute atomic E-state index is 10.7. The molecule has 0 aromatic heterocycles. The molecule has 6 heteroatoms. The fourth-order valence-corrected chi connectivity index (χ4v) is 2.18. The molecule has 16 heavy (non-hydrogen) atoms. The number of hydrogen-bond acceptors (Lipinski definition) is 4. The normalized spacial score (nSPS) is 17.6. The van der Waals surface area contributed by atoms with Crippen molar-refractivity contribution < 1.29 is 47.6 Å². The summed E-state index contributed by atoms with van der Waals surface area (Å²) in [5, 5.41) is 9.41. The van der Waals surface area contributed by atoms with Crippen LogP contribution in [0.2, 0.25) is 0 Å². The van der Waals surface area contributed by atoms with Gasteiger partial charge in [-0.2, -0.15) is 0 Å². The van der Waals surface area contributed by atoms with Crippen LogP contribution in [0, 0.1) is 0 Å². The van der Waals surface area contributed by atoms with E-state index in [0.29, 0.717) is 5.92 Å². The van der Waals surface area contributed by atoms with Crippen molar-refractivity contribution in [2.45, 2.75) is 24.2 Å². The minimum Gasteiger partial charge on any atom is -0.746 e. The maximum atomic E-state index is 10.7. The Morgan fingerprint density at radius 3 is 2.38 bits per heavy atom. The summed E-state index contributed by atoms with van der Waals surface area (Å²) in [7, 11) is -4.68. The van der Waals surface area contributed by atoms with Crippen molar-refractivity contribution in [1.82, 2.24) is 0 Å². The van der Waals surface area contributed by atoms with Crippen molar-refractivity contribution >= 4 is 10.1 Å². The van der Waals surface area contributed by atoms with Crippen LogP contribution in [0.3, 0.4) is 0 Å². The van der Waals surface area contributed by atoms with Gasteiger partial charge < -0.3 is 9.66 Å². The Balaban J connectivity index is 0.00000128. The smallest absolute Gasteiger partial charge is 0.746 e. The van der Waals surface area contributed by atoms with Gasteiger partial charge in [0.25, 0.3) is 0 Å². The molecule has 1 unspecified atom stereocenters. The van der Waals surface area contributed by atoms with Crippen molar-refractivity contribution in [3.63, 3.8) is 0 Å². The van der Waals surface area contributed by atoms with Crippen molar-refractivity contribution in [2.75, 3.05) is 0 Å². The van der Waals surface area contributed by atoms with Gasteiger partial charge in [0.15, 0.2) is 5.44 Å². The van der Waals surface area contributed by atoms with E-state index in [-0.39, 0.29) is 35.1 Å². The summed E-state index contributed by atoms with van der Waals surface area (Å²) >= 11 is 0.